The van der Waals surface area contributed by atoms with Gasteiger partial charge in [0.05, 0.1) is 11.6 Å². The fourth-order valence-corrected chi connectivity index (χ4v) is 3.60. The lowest BCUT2D eigenvalue weighted by Gasteiger charge is -2.41. The summed E-state index contributed by atoms with van der Waals surface area (Å²) in [5.74, 6) is 1.17. The molecule has 114 valence electrons. The van der Waals surface area contributed by atoms with Crippen LogP contribution in [0.3, 0.4) is 0 Å². The Morgan fingerprint density at radius 1 is 1.30 bits per heavy atom. The van der Waals surface area contributed by atoms with E-state index in [0.29, 0.717) is 18.2 Å². The third kappa shape index (κ3) is 4.12. The average molecular weight is 299 g/mol. The minimum atomic E-state index is -0.0501. The Kier molecular flexibility index (Phi) is 5.32. The monoisotopic (exact) mass is 299 g/mol. The number of carbonyl (C=O) groups is 2. The number of carbonyl (C=O) groups excluding carboxylic acids is 2. The Morgan fingerprint density at radius 2 is 2.00 bits per heavy atom. The van der Waals surface area contributed by atoms with Crippen LogP contribution in [-0.4, -0.2) is 65.0 Å². The molecule has 0 radical (unpaired) electrons. The van der Waals surface area contributed by atoms with E-state index in [1.54, 1.807) is 16.7 Å². The summed E-state index contributed by atoms with van der Waals surface area (Å²) in [6, 6.07) is 0. The Morgan fingerprint density at radius 3 is 2.60 bits per heavy atom. The first kappa shape index (κ1) is 15.6. The molecule has 2 aliphatic heterocycles. The molecule has 2 aliphatic rings. The molecule has 6 heteroatoms. The zero-order valence-corrected chi connectivity index (χ0v) is 13.3. The van der Waals surface area contributed by atoms with Crippen LogP contribution < -0.4 is 5.32 Å². The molecule has 0 aromatic heterocycles. The first-order valence-corrected chi connectivity index (χ1v) is 8.52. The van der Waals surface area contributed by atoms with E-state index < -0.39 is 0 Å². The lowest BCUT2D eigenvalue weighted by Crippen LogP contribution is -2.54. The van der Waals surface area contributed by atoms with Crippen molar-refractivity contribution in [2.45, 2.75) is 38.6 Å². The molecular formula is C14H25N3O2S. The van der Waals surface area contributed by atoms with Gasteiger partial charge in [-0.25, -0.2) is 0 Å². The smallest absolute Gasteiger partial charge is 0.239 e. The van der Waals surface area contributed by atoms with Gasteiger partial charge in [0.15, 0.2) is 0 Å². The second kappa shape index (κ2) is 6.80. The van der Waals surface area contributed by atoms with Crippen molar-refractivity contribution in [3.63, 3.8) is 0 Å². The van der Waals surface area contributed by atoms with Crippen molar-refractivity contribution in [3.05, 3.63) is 0 Å². The molecule has 0 aliphatic carbocycles. The third-order valence-corrected chi connectivity index (χ3v) is 5.04. The van der Waals surface area contributed by atoms with Crippen LogP contribution in [0.1, 0.15) is 33.1 Å². The molecule has 0 bridgehead atoms. The number of thioether (sulfide) groups is 1. The number of likely N-dealkylation sites (tertiary alicyclic amines) is 1. The summed E-state index contributed by atoms with van der Waals surface area (Å²) in [6.45, 7) is 7.42. The van der Waals surface area contributed by atoms with Crippen LogP contribution in [0.2, 0.25) is 0 Å². The summed E-state index contributed by atoms with van der Waals surface area (Å²) in [5, 5.41) is 2.98. The van der Waals surface area contributed by atoms with Crippen LogP contribution in [-0.2, 0) is 9.59 Å². The second-order valence-electron chi connectivity index (χ2n) is 6.21. The Balaban J connectivity index is 1.75. The molecule has 0 aromatic rings. The van der Waals surface area contributed by atoms with Crippen LogP contribution in [0.25, 0.3) is 0 Å². The molecule has 2 amide bonds. The van der Waals surface area contributed by atoms with Crippen molar-refractivity contribution in [3.8, 4) is 0 Å². The van der Waals surface area contributed by atoms with Crippen LogP contribution >= 0.6 is 11.8 Å². The Bertz CT molecular complexity index is 367. The van der Waals surface area contributed by atoms with Gasteiger partial charge in [0.2, 0.25) is 11.8 Å². The molecule has 0 unspecified atom stereocenters. The van der Waals surface area contributed by atoms with Gasteiger partial charge >= 0.3 is 0 Å². The summed E-state index contributed by atoms with van der Waals surface area (Å²) >= 11 is 1.57. The predicted octanol–water partition coefficient (Wildman–Crippen LogP) is 0.900. The number of nitrogens with one attached hydrogen (secondary N) is 1. The first-order valence-electron chi connectivity index (χ1n) is 7.36. The normalized spacial score (nSPS) is 21.3. The van der Waals surface area contributed by atoms with E-state index in [9.17, 15) is 9.59 Å². The van der Waals surface area contributed by atoms with Gasteiger partial charge in [-0.3, -0.25) is 14.5 Å². The van der Waals surface area contributed by atoms with E-state index in [1.807, 2.05) is 0 Å². The van der Waals surface area contributed by atoms with E-state index >= 15 is 0 Å². The molecule has 2 rings (SSSR count). The maximum absolute atomic E-state index is 11.9. The van der Waals surface area contributed by atoms with Crippen LogP contribution in [0.4, 0.5) is 0 Å². The highest BCUT2D eigenvalue weighted by Gasteiger charge is 2.29. The van der Waals surface area contributed by atoms with Crippen LogP contribution in [0.5, 0.6) is 0 Å². The topological polar surface area (TPSA) is 52.7 Å². The highest BCUT2D eigenvalue weighted by molar-refractivity contribution is 8.00. The van der Waals surface area contributed by atoms with E-state index in [4.69, 9.17) is 0 Å². The minimum absolute atomic E-state index is 0.0140. The maximum Gasteiger partial charge on any atom is 0.239 e. The number of amides is 2. The summed E-state index contributed by atoms with van der Waals surface area (Å²) in [5.41, 5.74) is -0.0140. The quantitative estimate of drug-likeness (QED) is 0.819. The molecule has 1 N–H and O–H groups in total. The van der Waals surface area contributed by atoms with Crippen molar-refractivity contribution < 1.29 is 9.59 Å². The van der Waals surface area contributed by atoms with Gasteiger partial charge in [-0.2, -0.15) is 0 Å². The summed E-state index contributed by atoms with van der Waals surface area (Å²) < 4.78 is 0. The fraction of sp³-hybridized carbons (Fsp3) is 0.857. The molecule has 0 aromatic carbocycles. The summed E-state index contributed by atoms with van der Waals surface area (Å²) in [6.07, 6.45) is 3.81. The number of nitrogens with zero attached hydrogens (tertiary/aromatic N) is 2. The van der Waals surface area contributed by atoms with E-state index in [0.717, 1.165) is 13.1 Å². The van der Waals surface area contributed by atoms with Crippen LogP contribution in [0.15, 0.2) is 0 Å². The zero-order chi connectivity index (χ0) is 14.6. The average Bonchev–Trinajstić information content (AvgIpc) is 2.83. The van der Waals surface area contributed by atoms with Crippen molar-refractivity contribution in [2.75, 3.05) is 37.8 Å². The molecule has 2 saturated heterocycles. The molecule has 20 heavy (non-hydrogen) atoms. The molecule has 0 saturated carbocycles. The van der Waals surface area contributed by atoms with Gasteiger partial charge < -0.3 is 10.2 Å². The molecule has 0 atom stereocenters. The predicted molar refractivity (Wildman–Crippen MR) is 81.6 cm³/mol. The third-order valence-electron chi connectivity index (χ3n) is 4.09. The van der Waals surface area contributed by atoms with Gasteiger partial charge in [-0.15, -0.1) is 11.8 Å². The van der Waals surface area contributed by atoms with Gasteiger partial charge in [-0.05, 0) is 39.8 Å². The zero-order valence-electron chi connectivity index (χ0n) is 12.5. The van der Waals surface area contributed by atoms with E-state index in [1.165, 1.54) is 19.3 Å². The fourth-order valence-electron chi connectivity index (χ4n) is 2.70. The highest BCUT2D eigenvalue weighted by atomic mass is 32.2. The first-order chi connectivity index (χ1) is 9.49. The highest BCUT2D eigenvalue weighted by Crippen LogP contribution is 2.20. The molecule has 0 spiro atoms. The number of hydrogen-bond acceptors (Lipinski definition) is 4. The van der Waals surface area contributed by atoms with Gasteiger partial charge in [0, 0.05) is 12.1 Å². The second-order valence-corrected chi connectivity index (χ2v) is 7.16. The van der Waals surface area contributed by atoms with Crippen molar-refractivity contribution in [1.29, 1.82) is 0 Å². The van der Waals surface area contributed by atoms with Crippen molar-refractivity contribution in [2.24, 2.45) is 0 Å². The van der Waals surface area contributed by atoms with E-state index in [2.05, 4.69) is 24.1 Å². The summed E-state index contributed by atoms with van der Waals surface area (Å²) in [7, 11) is 0. The van der Waals surface area contributed by atoms with Crippen LogP contribution in [0, 0.1) is 0 Å². The Labute approximate surface area is 125 Å². The lowest BCUT2D eigenvalue weighted by molar-refractivity contribution is -0.132. The van der Waals surface area contributed by atoms with Gasteiger partial charge in [0.25, 0.3) is 0 Å². The SMILES string of the molecule is CC(C)(CNC(=O)CN1CSCC1=O)N1CCCCC1. The van der Waals surface area contributed by atoms with Gasteiger partial charge in [-0.1, -0.05) is 6.42 Å². The standard InChI is InChI=1S/C14H25N3O2S/c1-14(2,17-6-4-3-5-7-17)10-15-12(18)8-16-11-20-9-13(16)19/h3-11H2,1-2H3,(H,15,18). The Hall–Kier alpha value is -0.750. The number of rotatable bonds is 5. The van der Waals surface area contributed by atoms with Gasteiger partial charge in [0.1, 0.15) is 6.54 Å². The lowest BCUT2D eigenvalue weighted by atomic mass is 9.98. The molecule has 5 nitrogen and oxygen atoms in total. The largest absolute Gasteiger partial charge is 0.353 e. The number of piperidine rings is 1. The van der Waals surface area contributed by atoms with E-state index in [-0.39, 0.29) is 23.9 Å². The van der Waals surface area contributed by atoms with Crippen molar-refractivity contribution >= 4 is 23.6 Å². The summed E-state index contributed by atoms with van der Waals surface area (Å²) in [4.78, 5) is 27.5. The molecule has 2 fully saturated rings. The minimum Gasteiger partial charge on any atom is -0.353 e. The maximum atomic E-state index is 11.9. The number of hydrogen-bond donors (Lipinski definition) is 1. The van der Waals surface area contributed by atoms with Crippen molar-refractivity contribution in [1.82, 2.24) is 15.1 Å². The molecular weight excluding hydrogens is 274 g/mol. The molecule has 2 heterocycles.